The number of sulfonamides is 1. The van der Waals surface area contributed by atoms with Gasteiger partial charge in [0, 0.05) is 31.5 Å². The quantitative estimate of drug-likeness (QED) is 0.921. The van der Waals surface area contributed by atoms with Crippen LogP contribution in [-0.2, 0) is 21.2 Å². The molecule has 2 heterocycles. The fraction of sp³-hybridized carbons (Fsp3) is 0.267. The Balaban J connectivity index is 1.94. The highest BCUT2D eigenvalue weighted by atomic mass is 32.2. The standard InChI is InChI=1S/C15H16N4O3S/c1-11(20)19-9-2-4-12-10-13(5-6-14(12)19)23(21,22)18-15-16-7-3-8-17-15/h3,5-8,10H,2,4,9H2,1H3,(H,16,17,18). The van der Waals surface area contributed by atoms with Crippen LogP contribution in [0.4, 0.5) is 11.6 Å². The molecule has 23 heavy (non-hydrogen) atoms. The van der Waals surface area contributed by atoms with Gasteiger partial charge in [0.2, 0.25) is 11.9 Å². The van der Waals surface area contributed by atoms with Gasteiger partial charge in [0.15, 0.2) is 0 Å². The van der Waals surface area contributed by atoms with E-state index < -0.39 is 10.0 Å². The van der Waals surface area contributed by atoms with Crippen molar-refractivity contribution in [3.8, 4) is 0 Å². The molecule has 1 aromatic heterocycles. The normalized spacial score (nSPS) is 14.2. The number of hydrogen-bond acceptors (Lipinski definition) is 5. The Bertz CT molecular complexity index is 837. The molecule has 2 aromatic rings. The van der Waals surface area contributed by atoms with Crippen molar-refractivity contribution in [2.45, 2.75) is 24.7 Å². The Hall–Kier alpha value is -2.48. The minimum atomic E-state index is -3.76. The molecule has 0 saturated heterocycles. The number of carbonyl (C=O) groups excluding carboxylic acids is 1. The third-order valence-corrected chi connectivity index (χ3v) is 4.98. The lowest BCUT2D eigenvalue weighted by atomic mass is 10.0. The number of anilines is 2. The third kappa shape index (κ3) is 3.16. The monoisotopic (exact) mass is 332 g/mol. The van der Waals surface area contributed by atoms with Gasteiger partial charge in [0.05, 0.1) is 4.90 Å². The van der Waals surface area contributed by atoms with Crippen molar-refractivity contribution in [3.63, 3.8) is 0 Å². The fourth-order valence-corrected chi connectivity index (χ4v) is 3.61. The average Bonchev–Trinajstić information content (AvgIpc) is 2.54. The van der Waals surface area contributed by atoms with E-state index in [0.717, 1.165) is 24.1 Å². The molecule has 0 fully saturated rings. The Morgan fingerprint density at radius 1 is 1.26 bits per heavy atom. The van der Waals surface area contributed by atoms with Crippen LogP contribution in [0.1, 0.15) is 18.9 Å². The van der Waals surface area contributed by atoms with Crippen molar-refractivity contribution in [3.05, 3.63) is 42.2 Å². The zero-order valence-electron chi connectivity index (χ0n) is 12.6. The predicted octanol–water partition coefficient (Wildman–Crippen LogP) is 1.58. The summed E-state index contributed by atoms with van der Waals surface area (Å²) in [6.07, 6.45) is 4.47. The minimum Gasteiger partial charge on any atom is -0.312 e. The maximum Gasteiger partial charge on any atom is 0.264 e. The maximum absolute atomic E-state index is 12.4. The van der Waals surface area contributed by atoms with Crippen LogP contribution in [0.2, 0.25) is 0 Å². The maximum atomic E-state index is 12.4. The van der Waals surface area contributed by atoms with Gasteiger partial charge in [-0.15, -0.1) is 0 Å². The van der Waals surface area contributed by atoms with Crippen LogP contribution < -0.4 is 9.62 Å². The predicted molar refractivity (Wildman–Crippen MR) is 85.6 cm³/mol. The molecular formula is C15H16N4O3S. The minimum absolute atomic E-state index is 0.0237. The third-order valence-electron chi connectivity index (χ3n) is 3.65. The first-order valence-corrected chi connectivity index (χ1v) is 8.66. The number of hydrogen-bond donors (Lipinski definition) is 1. The molecule has 7 nitrogen and oxygen atoms in total. The lowest BCUT2D eigenvalue weighted by Crippen LogP contribution is -2.33. The van der Waals surface area contributed by atoms with Gasteiger partial charge in [-0.2, -0.15) is 0 Å². The molecule has 0 radical (unpaired) electrons. The Morgan fingerprint density at radius 3 is 2.70 bits per heavy atom. The molecule has 1 N–H and O–H groups in total. The summed E-state index contributed by atoms with van der Waals surface area (Å²) in [5.74, 6) is -0.0204. The molecule has 1 aromatic carbocycles. The van der Waals surface area contributed by atoms with E-state index in [9.17, 15) is 13.2 Å². The summed E-state index contributed by atoms with van der Waals surface area (Å²) in [4.78, 5) is 21.2. The Labute approximate surface area is 134 Å². The van der Waals surface area contributed by atoms with Crippen molar-refractivity contribution in [1.82, 2.24) is 9.97 Å². The smallest absolute Gasteiger partial charge is 0.264 e. The van der Waals surface area contributed by atoms with E-state index in [1.165, 1.54) is 25.4 Å². The van der Waals surface area contributed by atoms with Crippen molar-refractivity contribution in [1.29, 1.82) is 0 Å². The van der Waals surface area contributed by atoms with Gasteiger partial charge >= 0.3 is 0 Å². The van der Waals surface area contributed by atoms with Gasteiger partial charge < -0.3 is 4.90 Å². The number of aryl methyl sites for hydroxylation is 1. The van der Waals surface area contributed by atoms with Gasteiger partial charge in [-0.1, -0.05) is 0 Å². The van der Waals surface area contributed by atoms with E-state index in [0.29, 0.717) is 6.54 Å². The number of benzene rings is 1. The number of amides is 1. The topological polar surface area (TPSA) is 92.3 Å². The first kappa shape index (κ1) is 15.4. The molecule has 0 aliphatic carbocycles. The Morgan fingerprint density at radius 2 is 2.00 bits per heavy atom. The second-order valence-electron chi connectivity index (χ2n) is 5.24. The van der Waals surface area contributed by atoms with E-state index >= 15 is 0 Å². The summed E-state index contributed by atoms with van der Waals surface area (Å²) in [6, 6.07) is 6.38. The summed E-state index contributed by atoms with van der Waals surface area (Å²) in [5, 5.41) is 0. The van der Waals surface area contributed by atoms with Gasteiger partial charge in [-0.05, 0) is 42.7 Å². The van der Waals surface area contributed by atoms with Crippen molar-refractivity contribution in [2.24, 2.45) is 0 Å². The van der Waals surface area contributed by atoms with E-state index in [4.69, 9.17) is 0 Å². The molecule has 120 valence electrons. The van der Waals surface area contributed by atoms with Crippen LogP contribution in [0, 0.1) is 0 Å². The number of nitrogens with one attached hydrogen (secondary N) is 1. The van der Waals surface area contributed by atoms with Crippen LogP contribution in [-0.4, -0.2) is 30.8 Å². The molecule has 8 heteroatoms. The number of fused-ring (bicyclic) bond motifs is 1. The number of carbonyl (C=O) groups is 1. The highest BCUT2D eigenvalue weighted by molar-refractivity contribution is 7.92. The van der Waals surface area contributed by atoms with Crippen molar-refractivity contribution < 1.29 is 13.2 Å². The van der Waals surface area contributed by atoms with Crippen LogP contribution in [0.3, 0.4) is 0 Å². The van der Waals surface area contributed by atoms with E-state index in [-0.39, 0.29) is 16.8 Å². The number of nitrogens with zero attached hydrogens (tertiary/aromatic N) is 3. The summed E-state index contributed by atoms with van der Waals surface area (Å²) in [5.41, 5.74) is 1.63. The largest absolute Gasteiger partial charge is 0.312 e. The van der Waals surface area contributed by atoms with Crippen molar-refractivity contribution >= 4 is 27.6 Å². The van der Waals surface area contributed by atoms with Crippen LogP contribution in [0.5, 0.6) is 0 Å². The molecule has 3 rings (SSSR count). The number of aromatic nitrogens is 2. The molecule has 0 spiro atoms. The molecule has 1 aliphatic heterocycles. The van der Waals surface area contributed by atoms with Crippen LogP contribution >= 0.6 is 0 Å². The molecule has 0 unspecified atom stereocenters. The van der Waals surface area contributed by atoms with Gasteiger partial charge in [0.1, 0.15) is 0 Å². The van der Waals surface area contributed by atoms with Crippen molar-refractivity contribution in [2.75, 3.05) is 16.2 Å². The summed E-state index contributed by atoms with van der Waals surface area (Å²) >= 11 is 0. The highest BCUT2D eigenvalue weighted by Crippen LogP contribution is 2.29. The summed E-state index contributed by atoms with van der Waals surface area (Å²) < 4.78 is 27.2. The second-order valence-corrected chi connectivity index (χ2v) is 6.93. The van der Waals surface area contributed by atoms with Gasteiger partial charge in [-0.3, -0.25) is 4.79 Å². The first-order valence-electron chi connectivity index (χ1n) is 7.18. The molecule has 0 saturated carbocycles. The van der Waals surface area contributed by atoms with Gasteiger partial charge in [-0.25, -0.2) is 23.1 Å². The Kier molecular flexibility index (Phi) is 3.99. The molecule has 0 atom stereocenters. The lowest BCUT2D eigenvalue weighted by molar-refractivity contribution is -0.116. The molecular weight excluding hydrogens is 316 g/mol. The molecule has 1 amide bonds. The molecule has 0 bridgehead atoms. The average molecular weight is 332 g/mol. The van der Waals surface area contributed by atoms with E-state index in [1.807, 2.05) is 0 Å². The van der Waals surface area contributed by atoms with Gasteiger partial charge in [0.25, 0.3) is 10.0 Å². The highest BCUT2D eigenvalue weighted by Gasteiger charge is 2.23. The number of rotatable bonds is 3. The fourth-order valence-electron chi connectivity index (χ4n) is 2.60. The molecule has 1 aliphatic rings. The van der Waals surface area contributed by atoms with Crippen LogP contribution in [0.15, 0.2) is 41.6 Å². The zero-order valence-corrected chi connectivity index (χ0v) is 13.4. The SMILES string of the molecule is CC(=O)N1CCCc2cc(S(=O)(=O)Nc3ncccn3)ccc21. The van der Waals surface area contributed by atoms with E-state index in [2.05, 4.69) is 14.7 Å². The zero-order chi connectivity index (χ0) is 16.4. The summed E-state index contributed by atoms with van der Waals surface area (Å²) in [6.45, 7) is 2.17. The lowest BCUT2D eigenvalue weighted by Gasteiger charge is -2.28. The second kappa shape index (κ2) is 5.96. The van der Waals surface area contributed by atoms with E-state index in [1.54, 1.807) is 23.1 Å². The first-order chi connectivity index (χ1) is 11.0. The summed E-state index contributed by atoms with van der Waals surface area (Å²) in [7, 11) is -3.76. The van der Waals surface area contributed by atoms with Crippen LogP contribution in [0.25, 0.3) is 0 Å².